The Labute approximate surface area is 215 Å². The van der Waals surface area contributed by atoms with Gasteiger partial charge in [0.2, 0.25) is 0 Å². The van der Waals surface area contributed by atoms with Crippen LogP contribution in [-0.4, -0.2) is 51.5 Å². The summed E-state index contributed by atoms with van der Waals surface area (Å²) in [7, 11) is 0. The second-order valence-electron chi connectivity index (χ2n) is 9.35. The number of halogens is 1. The Bertz CT molecular complexity index is 1260. The lowest BCUT2D eigenvalue weighted by atomic mass is 9.92. The minimum atomic E-state index is 0.0575. The van der Waals surface area contributed by atoms with E-state index in [0.29, 0.717) is 31.4 Å². The second-order valence-corrected chi connectivity index (χ2v) is 9.79. The summed E-state index contributed by atoms with van der Waals surface area (Å²) in [6.45, 7) is 3.94. The van der Waals surface area contributed by atoms with Gasteiger partial charge >= 0.3 is 0 Å². The Morgan fingerprint density at radius 3 is 2.61 bits per heavy atom. The molecule has 2 aliphatic heterocycles. The quantitative estimate of drug-likeness (QED) is 0.237. The van der Waals surface area contributed by atoms with Crippen LogP contribution in [0, 0.1) is 5.53 Å². The molecule has 9 nitrogen and oxygen atoms in total. The number of likely N-dealkylation sites (tertiary alicyclic amines) is 1. The maximum Gasteiger partial charge on any atom is 0.180 e. The standard InChI is InChI=1S/C26H28ClN9/c27-20-7-5-18(6-8-20)23-4-2-1-3-19(23)15-35-11-9-21(10-12-35)36-16-25-24(13-22(36)14-32-34-29)26(33-28)31-17-30-25/h1-8,17,21-22,28H,9-16H2/t22-/m0/s1. The molecule has 1 atom stereocenters. The number of fused-ring (bicyclic) bond motifs is 1. The Morgan fingerprint density at radius 1 is 1.08 bits per heavy atom. The summed E-state index contributed by atoms with van der Waals surface area (Å²) >= 11 is 6.10. The summed E-state index contributed by atoms with van der Waals surface area (Å²) in [5.74, 6) is 0.416. The maximum absolute atomic E-state index is 8.94. The van der Waals surface area contributed by atoms with Crippen LogP contribution in [0.2, 0.25) is 5.02 Å². The van der Waals surface area contributed by atoms with E-state index in [9.17, 15) is 0 Å². The number of piperidine rings is 1. The van der Waals surface area contributed by atoms with Gasteiger partial charge in [-0.1, -0.05) is 53.1 Å². The number of hydrogen-bond acceptors (Lipinski definition) is 7. The molecule has 0 bridgehead atoms. The fraction of sp³-hybridized carbons (Fsp3) is 0.385. The molecule has 3 heterocycles. The topological polar surface area (TPSA) is 117 Å². The molecule has 0 amide bonds. The van der Waals surface area contributed by atoms with Crippen LogP contribution < -0.4 is 0 Å². The predicted octanol–water partition coefficient (Wildman–Crippen LogP) is 6.16. The first-order valence-corrected chi connectivity index (χ1v) is 12.6. The number of rotatable bonds is 7. The maximum atomic E-state index is 8.94. The molecule has 1 saturated heterocycles. The van der Waals surface area contributed by atoms with E-state index in [1.54, 1.807) is 0 Å². The highest BCUT2D eigenvalue weighted by molar-refractivity contribution is 6.30. The zero-order valence-corrected chi connectivity index (χ0v) is 20.7. The van der Waals surface area contributed by atoms with E-state index in [0.717, 1.165) is 48.8 Å². The fourth-order valence-corrected chi connectivity index (χ4v) is 5.61. The molecule has 0 saturated carbocycles. The van der Waals surface area contributed by atoms with Crippen LogP contribution in [-0.2, 0) is 19.5 Å². The van der Waals surface area contributed by atoms with Crippen molar-refractivity contribution in [1.82, 2.24) is 19.8 Å². The van der Waals surface area contributed by atoms with Crippen molar-refractivity contribution in [2.45, 2.75) is 44.4 Å². The van der Waals surface area contributed by atoms with Crippen molar-refractivity contribution in [2.75, 3.05) is 19.6 Å². The lowest BCUT2D eigenvalue weighted by Gasteiger charge is -2.44. The van der Waals surface area contributed by atoms with Crippen molar-refractivity contribution in [2.24, 2.45) is 10.2 Å². The third-order valence-electron chi connectivity index (χ3n) is 7.31. The first-order valence-electron chi connectivity index (χ1n) is 12.2. The van der Waals surface area contributed by atoms with E-state index in [1.807, 2.05) is 12.1 Å². The molecule has 1 fully saturated rings. The Kier molecular flexibility index (Phi) is 7.53. The van der Waals surface area contributed by atoms with Gasteiger partial charge in [0.25, 0.3) is 0 Å². The molecule has 0 aliphatic carbocycles. The molecule has 184 valence electrons. The van der Waals surface area contributed by atoms with Crippen molar-refractivity contribution in [3.8, 4) is 11.1 Å². The van der Waals surface area contributed by atoms with Gasteiger partial charge in [0.1, 0.15) is 6.33 Å². The highest BCUT2D eigenvalue weighted by Gasteiger charge is 2.35. The predicted molar refractivity (Wildman–Crippen MR) is 139 cm³/mol. The van der Waals surface area contributed by atoms with Crippen molar-refractivity contribution in [1.29, 1.82) is 5.53 Å². The minimum absolute atomic E-state index is 0.0575. The van der Waals surface area contributed by atoms with Crippen LogP contribution in [0.3, 0.4) is 0 Å². The van der Waals surface area contributed by atoms with Gasteiger partial charge in [-0.15, -0.1) is 5.11 Å². The zero-order valence-electron chi connectivity index (χ0n) is 20.0. The van der Waals surface area contributed by atoms with E-state index in [-0.39, 0.29) is 6.04 Å². The third kappa shape index (κ3) is 5.24. The van der Waals surface area contributed by atoms with Gasteiger partial charge in [-0.05, 0) is 66.7 Å². The summed E-state index contributed by atoms with van der Waals surface area (Å²) in [5.41, 5.74) is 22.0. The van der Waals surface area contributed by atoms with Crippen molar-refractivity contribution in [3.63, 3.8) is 0 Å². The van der Waals surface area contributed by atoms with Gasteiger partial charge in [0.05, 0.1) is 5.69 Å². The van der Waals surface area contributed by atoms with E-state index < -0.39 is 0 Å². The molecule has 0 radical (unpaired) electrons. The smallest absolute Gasteiger partial charge is 0.180 e. The molecule has 0 spiro atoms. The zero-order chi connectivity index (χ0) is 24.9. The van der Waals surface area contributed by atoms with Gasteiger partial charge in [0, 0.05) is 47.2 Å². The summed E-state index contributed by atoms with van der Waals surface area (Å²) in [5, 5.41) is 8.21. The van der Waals surface area contributed by atoms with Crippen LogP contribution in [0.4, 0.5) is 5.82 Å². The van der Waals surface area contributed by atoms with Crippen LogP contribution in [0.5, 0.6) is 0 Å². The van der Waals surface area contributed by atoms with E-state index in [4.69, 9.17) is 22.7 Å². The molecule has 2 aromatic carbocycles. The van der Waals surface area contributed by atoms with Gasteiger partial charge in [-0.3, -0.25) is 9.80 Å². The number of nitrogens with zero attached hydrogens (tertiary/aromatic N) is 8. The molecule has 1 aromatic heterocycles. The van der Waals surface area contributed by atoms with E-state index in [2.05, 4.69) is 71.3 Å². The number of nitrogens with one attached hydrogen (secondary N) is 1. The van der Waals surface area contributed by atoms with E-state index >= 15 is 0 Å². The Hall–Kier alpha value is -3.36. The normalized spacial score (nSPS) is 18.9. The minimum Gasteiger partial charge on any atom is -0.299 e. The summed E-state index contributed by atoms with van der Waals surface area (Å²) in [6.07, 6.45) is 4.19. The Balaban J connectivity index is 1.28. The number of azide groups is 1. The fourth-order valence-electron chi connectivity index (χ4n) is 5.48. The molecule has 0 unspecified atom stereocenters. The molecule has 3 aromatic rings. The molecule has 10 heteroatoms. The molecule has 5 rings (SSSR count). The lowest BCUT2D eigenvalue weighted by Crippen LogP contribution is -2.52. The van der Waals surface area contributed by atoms with Crippen molar-refractivity contribution >= 4 is 17.4 Å². The average Bonchev–Trinajstić information content (AvgIpc) is 2.92. The first kappa shape index (κ1) is 24.3. The average molecular weight is 502 g/mol. The van der Waals surface area contributed by atoms with Gasteiger partial charge in [-0.25, -0.2) is 15.5 Å². The summed E-state index contributed by atoms with van der Waals surface area (Å²) in [4.78, 5) is 16.6. The van der Waals surface area contributed by atoms with Crippen LogP contribution in [0.15, 0.2) is 65.1 Å². The number of aromatic nitrogens is 2. The first-order chi connectivity index (χ1) is 17.7. The molecule has 2 aliphatic rings. The highest BCUT2D eigenvalue weighted by atomic mass is 35.5. The van der Waals surface area contributed by atoms with Crippen molar-refractivity contribution < 1.29 is 0 Å². The third-order valence-corrected chi connectivity index (χ3v) is 7.56. The summed E-state index contributed by atoms with van der Waals surface area (Å²) < 4.78 is 0. The van der Waals surface area contributed by atoms with Crippen molar-refractivity contribution in [3.05, 3.63) is 87.1 Å². The monoisotopic (exact) mass is 501 g/mol. The van der Waals surface area contributed by atoms with Crippen LogP contribution in [0.1, 0.15) is 29.7 Å². The largest absolute Gasteiger partial charge is 0.299 e. The summed E-state index contributed by atoms with van der Waals surface area (Å²) in [6, 6.07) is 17.0. The number of hydrogen-bond donors (Lipinski definition) is 1. The molecular weight excluding hydrogens is 474 g/mol. The molecule has 1 N–H and O–H groups in total. The molecule has 36 heavy (non-hydrogen) atoms. The van der Waals surface area contributed by atoms with Gasteiger partial charge in [0.15, 0.2) is 5.82 Å². The van der Waals surface area contributed by atoms with E-state index in [1.165, 1.54) is 23.0 Å². The van der Waals surface area contributed by atoms with Crippen LogP contribution in [0.25, 0.3) is 21.6 Å². The Morgan fingerprint density at radius 2 is 1.86 bits per heavy atom. The highest BCUT2D eigenvalue weighted by Crippen LogP contribution is 2.33. The second kappa shape index (κ2) is 11.1. The molecular formula is C26H28ClN9. The lowest BCUT2D eigenvalue weighted by molar-refractivity contribution is 0.0584. The van der Waals surface area contributed by atoms with Gasteiger partial charge in [-0.2, -0.15) is 0 Å². The van der Waals surface area contributed by atoms with Crippen LogP contribution >= 0.6 is 11.6 Å². The number of benzene rings is 2. The van der Waals surface area contributed by atoms with Gasteiger partial charge < -0.3 is 0 Å². The SMILES string of the molecule is [N-]=[N+]=NC[C@@H]1Cc2c(ncnc2N=N)CN1C1CCN(Cc2ccccc2-c2ccc(Cl)cc2)CC1.